The van der Waals surface area contributed by atoms with E-state index in [9.17, 15) is 44.0 Å². The smallest absolute Gasteiger partial charge is 0.744 e. The molecule has 0 spiro atoms. The third-order valence-electron chi connectivity index (χ3n) is 6.18. The molecule has 5 aromatic rings. The predicted molar refractivity (Wildman–Crippen MR) is 156 cm³/mol. The van der Waals surface area contributed by atoms with Gasteiger partial charge in [-0.2, -0.15) is 18.4 Å². The monoisotopic (exact) mass is 739 g/mol. The Kier molecular flexibility index (Phi) is 12.0. The number of nitrogens with two attached hydrogens (primary N) is 1. The van der Waals surface area contributed by atoms with Gasteiger partial charge in [-0.25, -0.2) is 21.8 Å². The van der Waals surface area contributed by atoms with E-state index in [0.29, 0.717) is 5.69 Å². The van der Waals surface area contributed by atoms with Gasteiger partial charge in [-0.05, 0) is 53.4 Å². The van der Waals surface area contributed by atoms with Crippen molar-refractivity contribution in [3.05, 3.63) is 65.7 Å². The van der Waals surface area contributed by atoms with Crippen molar-refractivity contribution in [1.29, 1.82) is 0 Å². The second kappa shape index (κ2) is 14.5. The van der Waals surface area contributed by atoms with E-state index < -0.39 is 67.6 Å². The summed E-state index contributed by atoms with van der Waals surface area (Å²) < 4.78 is 106. The average molecular weight is 740 g/mol. The number of azo groups is 1. The summed E-state index contributed by atoms with van der Waals surface area (Å²) >= 11 is 5.77. The Bertz CT molecular complexity index is 2400. The van der Waals surface area contributed by atoms with Crippen LogP contribution in [0.2, 0.25) is 5.28 Å². The fourth-order valence-electron chi connectivity index (χ4n) is 4.38. The van der Waals surface area contributed by atoms with Crippen molar-refractivity contribution in [2.45, 2.75) is 21.2 Å². The Labute approximate surface area is 315 Å². The standard InChI is InChI=1S/C24H18ClN7O10S3.2Na/c25-23-28-19(29-24(26)30-23)10-27-12-4-5-13-11(8-12)9-18(44(37,38)39)20(21(13)33)32-31-16-7-6-14-15(22(16)45(40,41)42)2-1-3-17(14)43(34,35)36;;/h1-9,27,33H,10H2,(H,34,35,36)(H,37,38,39)(H,40,41,42)(H2,26,28,29,30);;/q;2*+1/p-2. The van der Waals surface area contributed by atoms with Crippen LogP contribution in [0.15, 0.2) is 79.5 Å². The van der Waals surface area contributed by atoms with Crippen LogP contribution in [0.4, 0.5) is 23.0 Å². The second-order valence-corrected chi connectivity index (χ2v) is 13.5. The first kappa shape index (κ1) is 38.9. The van der Waals surface area contributed by atoms with E-state index in [0.717, 1.165) is 36.4 Å². The number of phenols is 1. The van der Waals surface area contributed by atoms with E-state index in [-0.39, 0.29) is 98.9 Å². The number of rotatable bonds is 8. The third kappa shape index (κ3) is 8.54. The molecule has 0 aliphatic heterocycles. The first-order valence-electron chi connectivity index (χ1n) is 12.0. The van der Waals surface area contributed by atoms with Crippen LogP contribution in [0.1, 0.15) is 5.82 Å². The van der Waals surface area contributed by atoms with Crippen LogP contribution in [0.25, 0.3) is 21.5 Å². The van der Waals surface area contributed by atoms with Gasteiger partial charge in [0.25, 0.3) is 10.1 Å². The topological polar surface area (TPSA) is 290 Å². The molecule has 0 saturated carbocycles. The molecular formula is C24H16ClN7Na2O10S3. The fourth-order valence-corrected chi connectivity index (χ4v) is 6.73. The molecule has 47 heavy (non-hydrogen) atoms. The van der Waals surface area contributed by atoms with Crippen molar-refractivity contribution in [3.8, 4) is 5.75 Å². The number of hydrogen-bond donors (Lipinski definition) is 4. The minimum atomic E-state index is -5.33. The van der Waals surface area contributed by atoms with Crippen LogP contribution in [0.3, 0.4) is 0 Å². The molecule has 1 heterocycles. The van der Waals surface area contributed by atoms with Crippen molar-refractivity contribution in [2.24, 2.45) is 10.2 Å². The maximum absolute atomic E-state index is 12.3. The number of nitrogens with zero attached hydrogens (tertiary/aromatic N) is 5. The van der Waals surface area contributed by atoms with Crippen molar-refractivity contribution in [1.82, 2.24) is 15.0 Å². The van der Waals surface area contributed by atoms with Crippen LogP contribution in [-0.4, -0.2) is 59.0 Å². The summed E-state index contributed by atoms with van der Waals surface area (Å²) in [5.41, 5.74) is 4.42. The van der Waals surface area contributed by atoms with E-state index in [1.807, 2.05) is 0 Å². The van der Waals surface area contributed by atoms with E-state index >= 15 is 0 Å². The molecule has 1 aromatic heterocycles. The minimum Gasteiger partial charge on any atom is -0.744 e. The summed E-state index contributed by atoms with van der Waals surface area (Å²) in [5.74, 6) is -0.754. The van der Waals surface area contributed by atoms with Crippen molar-refractivity contribution < 1.29 is 103 Å². The zero-order chi connectivity index (χ0) is 32.9. The zero-order valence-electron chi connectivity index (χ0n) is 24.0. The normalized spacial score (nSPS) is 12.2. The van der Waals surface area contributed by atoms with Crippen LogP contribution >= 0.6 is 11.6 Å². The number of nitrogen functional groups attached to an aromatic ring is 1. The molecule has 5 N–H and O–H groups in total. The summed E-state index contributed by atoms with van der Waals surface area (Å²) in [5, 5.41) is 20.3. The summed E-state index contributed by atoms with van der Waals surface area (Å²) in [6.07, 6.45) is 0. The number of aromatic nitrogens is 3. The summed E-state index contributed by atoms with van der Waals surface area (Å²) in [7, 11) is -15.6. The molecule has 0 saturated heterocycles. The van der Waals surface area contributed by atoms with E-state index in [1.165, 1.54) is 18.2 Å². The van der Waals surface area contributed by atoms with Gasteiger partial charge >= 0.3 is 59.1 Å². The average Bonchev–Trinajstić information content (AvgIpc) is 2.92. The predicted octanol–water partition coefficient (Wildman–Crippen LogP) is -2.79. The van der Waals surface area contributed by atoms with Gasteiger partial charge in [0, 0.05) is 21.8 Å². The largest absolute Gasteiger partial charge is 1.00 e. The van der Waals surface area contributed by atoms with E-state index in [2.05, 4.69) is 30.5 Å². The molecular weight excluding hydrogens is 724 g/mol. The van der Waals surface area contributed by atoms with Crippen molar-refractivity contribution >= 4 is 86.5 Å². The number of anilines is 2. The maximum atomic E-state index is 12.3. The molecule has 0 aliphatic rings. The molecule has 0 radical (unpaired) electrons. The van der Waals surface area contributed by atoms with Crippen LogP contribution < -0.4 is 70.2 Å². The number of halogens is 1. The Hall–Kier alpha value is -2.57. The van der Waals surface area contributed by atoms with Gasteiger partial charge in [-0.3, -0.25) is 4.55 Å². The number of benzene rings is 4. The maximum Gasteiger partial charge on any atom is 1.00 e. The first-order valence-corrected chi connectivity index (χ1v) is 16.6. The fraction of sp³-hybridized carbons (Fsp3) is 0.0417. The first-order chi connectivity index (χ1) is 20.9. The molecule has 23 heteroatoms. The number of nitrogens with one attached hydrogen (secondary N) is 1. The van der Waals surface area contributed by atoms with Gasteiger partial charge in [0.15, 0.2) is 11.6 Å². The molecule has 5 rings (SSSR count). The van der Waals surface area contributed by atoms with E-state index in [1.54, 1.807) is 0 Å². The molecule has 0 amide bonds. The van der Waals surface area contributed by atoms with Gasteiger partial charge in [-0.15, -0.1) is 10.2 Å². The van der Waals surface area contributed by atoms with Gasteiger partial charge in [0.05, 0.1) is 16.3 Å². The van der Waals surface area contributed by atoms with Crippen LogP contribution in [-0.2, 0) is 36.9 Å². The minimum absolute atomic E-state index is 0. The molecule has 4 aromatic carbocycles. The molecule has 0 bridgehead atoms. The number of fused-ring (bicyclic) bond motifs is 2. The summed E-state index contributed by atoms with van der Waals surface area (Å²) in [6.45, 7) is 0.00698. The zero-order valence-corrected chi connectivity index (χ0v) is 31.2. The van der Waals surface area contributed by atoms with Crippen LogP contribution in [0.5, 0.6) is 5.75 Å². The second-order valence-electron chi connectivity index (χ2n) is 9.09. The van der Waals surface area contributed by atoms with Gasteiger partial charge in [0.2, 0.25) is 11.2 Å². The quantitative estimate of drug-likeness (QED) is 0.0711. The van der Waals surface area contributed by atoms with Gasteiger partial charge in [-0.1, -0.05) is 18.2 Å². The SMILES string of the molecule is Nc1nc(Cl)nc(CNc2ccc3c(O)c(N=Nc4ccc5c(S(=O)(=O)[O-])cccc5c4S(=O)(=O)O)c(S(=O)(=O)[O-])cc3c2)n1.[Na+].[Na+]. The van der Waals surface area contributed by atoms with Gasteiger partial charge in [0.1, 0.15) is 36.5 Å². The molecule has 0 atom stereocenters. The Morgan fingerprint density at radius 1 is 0.830 bits per heavy atom. The molecule has 234 valence electrons. The molecule has 0 unspecified atom stereocenters. The van der Waals surface area contributed by atoms with Crippen LogP contribution in [0, 0.1) is 0 Å². The van der Waals surface area contributed by atoms with Crippen molar-refractivity contribution in [2.75, 3.05) is 11.1 Å². The Morgan fingerprint density at radius 3 is 2.11 bits per heavy atom. The van der Waals surface area contributed by atoms with E-state index in [4.69, 9.17) is 17.3 Å². The Morgan fingerprint density at radius 2 is 1.49 bits per heavy atom. The number of aromatic hydroxyl groups is 1. The summed E-state index contributed by atoms with van der Waals surface area (Å²) in [4.78, 5) is 8.68. The summed E-state index contributed by atoms with van der Waals surface area (Å²) in [6, 6.07) is 10.1. The van der Waals surface area contributed by atoms with Gasteiger partial charge < -0.3 is 25.3 Å². The Balaban J connectivity index is 0.00000300. The van der Waals surface area contributed by atoms with Crippen molar-refractivity contribution in [3.63, 3.8) is 0 Å². The molecule has 0 fully saturated rings. The molecule has 17 nitrogen and oxygen atoms in total. The number of phenolic OH excluding ortho intramolecular Hbond substituents is 1. The molecule has 0 aliphatic carbocycles. The number of hydrogen-bond acceptors (Lipinski definition) is 16. The third-order valence-corrected chi connectivity index (χ3v) is 9.04.